The van der Waals surface area contributed by atoms with E-state index in [1.807, 2.05) is 4.72 Å². The van der Waals surface area contributed by atoms with Gasteiger partial charge in [-0.25, -0.2) is 12.8 Å². The molecular weight excluding hydrogens is 239 g/mol. The molecule has 0 unspecified atom stereocenters. The van der Waals surface area contributed by atoms with Crippen molar-refractivity contribution in [2.24, 2.45) is 0 Å². The van der Waals surface area contributed by atoms with E-state index < -0.39 is 32.7 Å². The summed E-state index contributed by atoms with van der Waals surface area (Å²) >= 11 is 0. The summed E-state index contributed by atoms with van der Waals surface area (Å²) in [6.07, 6.45) is 1.78. The van der Waals surface area contributed by atoms with Crippen molar-refractivity contribution in [1.82, 2.24) is 9.71 Å². The van der Waals surface area contributed by atoms with Crippen LogP contribution in [0.2, 0.25) is 0 Å². The third-order valence-corrected chi connectivity index (χ3v) is 3.20. The Morgan fingerprint density at radius 2 is 2.19 bits per heavy atom. The number of pyridine rings is 1. The Morgan fingerprint density at radius 3 is 2.69 bits per heavy atom. The molecule has 8 heteroatoms. The minimum absolute atomic E-state index is 0.416. The second-order valence-electron chi connectivity index (χ2n) is 3.02. The Kier molecular flexibility index (Phi) is 3.55. The summed E-state index contributed by atoms with van der Waals surface area (Å²) in [7, 11) is -4.06. The lowest BCUT2D eigenvalue weighted by Gasteiger charge is -2.09. The largest absolute Gasteiger partial charge is 0.480 e. The molecule has 1 aromatic rings. The van der Waals surface area contributed by atoms with Crippen LogP contribution in [0.15, 0.2) is 23.4 Å². The van der Waals surface area contributed by atoms with Crippen LogP contribution in [0.1, 0.15) is 6.92 Å². The van der Waals surface area contributed by atoms with Gasteiger partial charge in [-0.15, -0.1) is 0 Å². The first-order valence-corrected chi connectivity index (χ1v) is 5.67. The molecule has 1 atom stereocenters. The van der Waals surface area contributed by atoms with Gasteiger partial charge in [0.1, 0.15) is 16.8 Å². The molecule has 0 aliphatic heterocycles. The lowest BCUT2D eigenvalue weighted by atomic mass is 10.4. The third-order valence-electron chi connectivity index (χ3n) is 1.69. The number of sulfonamides is 1. The summed E-state index contributed by atoms with van der Waals surface area (Å²) in [6.45, 7) is 1.16. The fourth-order valence-electron chi connectivity index (χ4n) is 0.891. The first-order valence-electron chi connectivity index (χ1n) is 4.18. The molecule has 0 saturated heterocycles. The Hall–Kier alpha value is -1.54. The van der Waals surface area contributed by atoms with Crippen LogP contribution in [0.4, 0.5) is 4.39 Å². The Bertz CT molecular complexity index is 503. The number of carboxylic acids is 1. The van der Waals surface area contributed by atoms with E-state index in [2.05, 4.69) is 4.98 Å². The number of rotatable bonds is 4. The molecule has 88 valence electrons. The third kappa shape index (κ3) is 2.97. The van der Waals surface area contributed by atoms with Gasteiger partial charge in [0.2, 0.25) is 10.0 Å². The van der Waals surface area contributed by atoms with Crippen molar-refractivity contribution >= 4 is 16.0 Å². The molecule has 2 N–H and O–H groups in total. The van der Waals surface area contributed by atoms with Gasteiger partial charge in [-0.2, -0.15) is 4.72 Å². The normalized spacial score (nSPS) is 13.4. The Balaban J connectivity index is 2.99. The molecule has 0 bridgehead atoms. The maximum atomic E-state index is 12.7. The molecule has 1 aromatic heterocycles. The minimum atomic E-state index is -4.06. The molecule has 0 aliphatic rings. The van der Waals surface area contributed by atoms with Crippen LogP contribution in [-0.4, -0.2) is 30.5 Å². The molecule has 0 aliphatic carbocycles. The van der Waals surface area contributed by atoms with E-state index in [-0.39, 0.29) is 0 Å². The fraction of sp³-hybridized carbons (Fsp3) is 0.250. The predicted molar refractivity (Wildman–Crippen MR) is 51.6 cm³/mol. The summed E-state index contributed by atoms with van der Waals surface area (Å²) in [5.41, 5.74) is 0. The van der Waals surface area contributed by atoms with E-state index in [0.717, 1.165) is 25.4 Å². The maximum absolute atomic E-state index is 12.7. The predicted octanol–water partition coefficient (Wildman–Crippen LogP) is -0.0279. The van der Waals surface area contributed by atoms with Gasteiger partial charge in [-0.3, -0.25) is 9.78 Å². The number of nitrogens with one attached hydrogen (secondary N) is 1. The number of carboxylic acid groups (broad SMARTS) is 1. The highest BCUT2D eigenvalue weighted by molar-refractivity contribution is 7.89. The van der Waals surface area contributed by atoms with Gasteiger partial charge in [0.15, 0.2) is 0 Å². The van der Waals surface area contributed by atoms with Crippen LogP contribution in [0.5, 0.6) is 0 Å². The molecule has 16 heavy (non-hydrogen) atoms. The number of hydrogen-bond donors (Lipinski definition) is 2. The van der Waals surface area contributed by atoms with Crippen molar-refractivity contribution < 1.29 is 22.7 Å². The Morgan fingerprint density at radius 1 is 1.56 bits per heavy atom. The van der Waals surface area contributed by atoms with Crippen LogP contribution in [-0.2, 0) is 14.8 Å². The van der Waals surface area contributed by atoms with E-state index in [9.17, 15) is 17.6 Å². The van der Waals surface area contributed by atoms with Crippen molar-refractivity contribution in [2.75, 3.05) is 0 Å². The molecule has 0 fully saturated rings. The number of aliphatic carboxylic acids is 1. The van der Waals surface area contributed by atoms with Crippen LogP contribution < -0.4 is 4.72 Å². The summed E-state index contributed by atoms with van der Waals surface area (Å²) in [5.74, 6) is -2.14. The second kappa shape index (κ2) is 4.54. The summed E-state index contributed by atoms with van der Waals surface area (Å²) in [5, 5.41) is 8.53. The topological polar surface area (TPSA) is 96.4 Å². The highest BCUT2D eigenvalue weighted by Crippen LogP contribution is 2.08. The van der Waals surface area contributed by atoms with Gasteiger partial charge < -0.3 is 5.11 Å². The average molecular weight is 248 g/mol. The zero-order chi connectivity index (χ0) is 12.3. The van der Waals surface area contributed by atoms with Crippen molar-refractivity contribution in [1.29, 1.82) is 0 Å². The lowest BCUT2D eigenvalue weighted by molar-refractivity contribution is -0.138. The SMILES string of the molecule is C[C@@H](NS(=O)(=O)c1cncc(F)c1)C(=O)O. The quantitative estimate of drug-likeness (QED) is 0.780. The highest BCUT2D eigenvalue weighted by atomic mass is 32.2. The van der Waals surface area contributed by atoms with E-state index >= 15 is 0 Å². The minimum Gasteiger partial charge on any atom is -0.480 e. The molecule has 0 spiro atoms. The number of hydrogen-bond acceptors (Lipinski definition) is 4. The van der Waals surface area contributed by atoms with E-state index in [4.69, 9.17) is 5.11 Å². The molecule has 1 heterocycles. The van der Waals surface area contributed by atoms with Crippen molar-refractivity contribution in [3.8, 4) is 0 Å². The molecular formula is C8H9FN2O4S. The van der Waals surface area contributed by atoms with Gasteiger partial charge in [0.05, 0.1) is 6.20 Å². The first-order chi connectivity index (χ1) is 7.33. The van der Waals surface area contributed by atoms with Crippen LogP contribution in [0.3, 0.4) is 0 Å². The monoisotopic (exact) mass is 248 g/mol. The smallest absolute Gasteiger partial charge is 0.321 e. The van der Waals surface area contributed by atoms with Gasteiger partial charge >= 0.3 is 5.97 Å². The van der Waals surface area contributed by atoms with Crippen LogP contribution >= 0.6 is 0 Å². The van der Waals surface area contributed by atoms with Gasteiger partial charge in [0.25, 0.3) is 0 Å². The van der Waals surface area contributed by atoms with Crippen molar-refractivity contribution in [2.45, 2.75) is 17.9 Å². The van der Waals surface area contributed by atoms with Gasteiger partial charge in [0, 0.05) is 6.20 Å². The van der Waals surface area contributed by atoms with Crippen LogP contribution in [0.25, 0.3) is 0 Å². The number of halogens is 1. The van der Waals surface area contributed by atoms with E-state index in [0.29, 0.717) is 0 Å². The first kappa shape index (κ1) is 12.5. The van der Waals surface area contributed by atoms with E-state index in [1.54, 1.807) is 0 Å². The maximum Gasteiger partial charge on any atom is 0.321 e. The van der Waals surface area contributed by atoms with Crippen molar-refractivity contribution in [3.63, 3.8) is 0 Å². The van der Waals surface area contributed by atoms with Crippen LogP contribution in [0, 0.1) is 5.82 Å². The highest BCUT2D eigenvalue weighted by Gasteiger charge is 2.21. The number of aromatic nitrogens is 1. The van der Waals surface area contributed by atoms with Gasteiger partial charge in [-0.1, -0.05) is 0 Å². The molecule has 0 saturated carbocycles. The molecule has 0 radical (unpaired) electrons. The second-order valence-corrected chi connectivity index (χ2v) is 4.73. The van der Waals surface area contributed by atoms with Gasteiger partial charge in [-0.05, 0) is 13.0 Å². The number of nitrogens with zero attached hydrogens (tertiary/aromatic N) is 1. The zero-order valence-electron chi connectivity index (χ0n) is 8.21. The zero-order valence-corrected chi connectivity index (χ0v) is 9.03. The molecule has 1 rings (SSSR count). The lowest BCUT2D eigenvalue weighted by Crippen LogP contribution is -2.38. The summed E-state index contributed by atoms with van der Waals surface area (Å²) < 4.78 is 37.6. The average Bonchev–Trinajstić information content (AvgIpc) is 2.17. The Labute approximate surface area is 91.2 Å². The standard InChI is InChI=1S/C8H9FN2O4S/c1-5(8(12)13)11-16(14,15)7-2-6(9)3-10-4-7/h2-5,11H,1H3,(H,12,13)/t5-/m1/s1. The summed E-state index contributed by atoms with van der Waals surface area (Å²) in [6, 6.07) is -0.544. The fourth-order valence-corrected chi connectivity index (χ4v) is 2.06. The molecule has 0 amide bonds. The molecule has 6 nitrogen and oxygen atoms in total. The van der Waals surface area contributed by atoms with Crippen molar-refractivity contribution in [3.05, 3.63) is 24.3 Å². The summed E-state index contributed by atoms with van der Waals surface area (Å²) in [4.78, 5) is 13.4. The molecule has 0 aromatic carbocycles. The number of carbonyl (C=O) groups is 1. The van der Waals surface area contributed by atoms with E-state index in [1.165, 1.54) is 0 Å².